The molecule has 146 valence electrons. The van der Waals surface area contributed by atoms with E-state index in [4.69, 9.17) is 4.74 Å². The van der Waals surface area contributed by atoms with Crippen LogP contribution >= 0.6 is 0 Å². The lowest BCUT2D eigenvalue weighted by molar-refractivity contribution is -0.117. The van der Waals surface area contributed by atoms with Crippen LogP contribution in [0.4, 0.5) is 0 Å². The molecule has 1 atom stereocenters. The Morgan fingerprint density at radius 3 is 2.82 bits per heavy atom. The summed E-state index contributed by atoms with van der Waals surface area (Å²) in [5, 5.41) is 0. The fourth-order valence-electron chi connectivity index (χ4n) is 3.35. The summed E-state index contributed by atoms with van der Waals surface area (Å²) in [6.45, 7) is 7.09. The van der Waals surface area contributed by atoms with Crippen molar-refractivity contribution in [2.75, 3.05) is 13.1 Å². The Kier molecular flexibility index (Phi) is 6.24. The Bertz CT molecular complexity index is 887. The van der Waals surface area contributed by atoms with E-state index in [1.54, 1.807) is 13.1 Å². The van der Waals surface area contributed by atoms with E-state index in [1.165, 1.54) is 0 Å². The van der Waals surface area contributed by atoms with Crippen molar-refractivity contribution in [2.45, 2.75) is 33.6 Å². The van der Waals surface area contributed by atoms with Gasteiger partial charge in [-0.05, 0) is 61.6 Å². The quantitative estimate of drug-likeness (QED) is 0.711. The Hall–Kier alpha value is -2.95. The molecule has 1 aliphatic heterocycles. The van der Waals surface area contributed by atoms with E-state index in [2.05, 4.69) is 4.98 Å². The highest BCUT2D eigenvalue weighted by atomic mass is 16.5. The van der Waals surface area contributed by atoms with Gasteiger partial charge >= 0.3 is 0 Å². The van der Waals surface area contributed by atoms with Gasteiger partial charge in [-0.3, -0.25) is 4.79 Å². The van der Waals surface area contributed by atoms with Crippen molar-refractivity contribution >= 4 is 17.8 Å². The van der Waals surface area contributed by atoms with Crippen LogP contribution in [0.15, 0.2) is 42.6 Å². The van der Waals surface area contributed by atoms with Crippen LogP contribution in [0.1, 0.15) is 48.7 Å². The largest absolute Gasteiger partial charge is 0.439 e. The number of rotatable bonds is 7. The van der Waals surface area contributed by atoms with Gasteiger partial charge in [0.1, 0.15) is 11.5 Å². The van der Waals surface area contributed by atoms with Crippen LogP contribution in [-0.4, -0.2) is 34.7 Å². The summed E-state index contributed by atoms with van der Waals surface area (Å²) in [6, 6.07) is 9.33. The zero-order valence-electron chi connectivity index (χ0n) is 16.6. The van der Waals surface area contributed by atoms with E-state index in [0.29, 0.717) is 18.1 Å². The Morgan fingerprint density at radius 1 is 1.32 bits per heavy atom. The van der Waals surface area contributed by atoms with Crippen LogP contribution in [0.2, 0.25) is 0 Å². The number of benzene rings is 1. The van der Waals surface area contributed by atoms with E-state index in [1.807, 2.05) is 61.2 Å². The van der Waals surface area contributed by atoms with E-state index in [-0.39, 0.29) is 17.6 Å². The molecule has 1 amide bonds. The fourth-order valence-corrected chi connectivity index (χ4v) is 3.35. The number of hydrogen-bond acceptors (Lipinski definition) is 4. The molecule has 3 rings (SSSR count). The lowest BCUT2D eigenvalue weighted by atomic mass is 9.99. The number of aromatic nitrogens is 1. The first kappa shape index (κ1) is 19.8. The van der Waals surface area contributed by atoms with Gasteiger partial charge in [-0.15, -0.1) is 0 Å². The second-order valence-corrected chi connectivity index (χ2v) is 7.23. The molecular weight excluding hydrogens is 352 g/mol. The highest BCUT2D eigenvalue weighted by Gasteiger charge is 2.23. The van der Waals surface area contributed by atoms with Crippen LogP contribution in [0.5, 0.6) is 11.6 Å². The van der Waals surface area contributed by atoms with E-state index < -0.39 is 0 Å². The summed E-state index contributed by atoms with van der Waals surface area (Å²) in [6.07, 6.45) is 7.10. The molecule has 0 saturated carbocycles. The second-order valence-electron chi connectivity index (χ2n) is 7.23. The summed E-state index contributed by atoms with van der Waals surface area (Å²) < 4.78 is 5.86. The number of nitrogens with zero attached hydrogens (tertiary/aromatic N) is 2. The predicted molar refractivity (Wildman–Crippen MR) is 110 cm³/mol. The number of hydrogen-bond donors (Lipinski definition) is 0. The van der Waals surface area contributed by atoms with Crippen molar-refractivity contribution in [1.82, 2.24) is 9.88 Å². The van der Waals surface area contributed by atoms with Crippen LogP contribution in [0.3, 0.4) is 0 Å². The van der Waals surface area contributed by atoms with Crippen molar-refractivity contribution in [1.29, 1.82) is 0 Å². The molecule has 0 unspecified atom stereocenters. The summed E-state index contributed by atoms with van der Waals surface area (Å²) in [7, 11) is 0. The maximum Gasteiger partial charge on any atom is 0.254 e. The van der Waals surface area contributed by atoms with E-state index in [0.717, 1.165) is 36.2 Å². The lowest BCUT2D eigenvalue weighted by Gasteiger charge is -2.27. The third-order valence-corrected chi connectivity index (χ3v) is 4.84. The summed E-state index contributed by atoms with van der Waals surface area (Å²) >= 11 is 0. The molecule has 0 bridgehead atoms. The summed E-state index contributed by atoms with van der Waals surface area (Å²) in [5.41, 5.74) is 2.73. The lowest BCUT2D eigenvalue weighted by Crippen LogP contribution is -2.37. The number of carbonyl (C=O) groups excluding carboxylic acids is 2. The zero-order chi connectivity index (χ0) is 20.1. The number of fused-ring (bicyclic) bond motifs is 1. The van der Waals surface area contributed by atoms with Gasteiger partial charge < -0.3 is 14.4 Å². The number of ketones is 1. The number of pyridine rings is 1. The van der Waals surface area contributed by atoms with Gasteiger partial charge in [0.05, 0.1) is 0 Å². The monoisotopic (exact) mass is 378 g/mol. The van der Waals surface area contributed by atoms with Crippen molar-refractivity contribution in [3.05, 3.63) is 59.3 Å². The molecule has 0 aliphatic carbocycles. The minimum atomic E-state index is 0.0866. The van der Waals surface area contributed by atoms with Crippen LogP contribution in [0, 0.1) is 5.92 Å². The van der Waals surface area contributed by atoms with Gasteiger partial charge in [0.25, 0.3) is 5.91 Å². The Morgan fingerprint density at radius 2 is 2.14 bits per heavy atom. The minimum absolute atomic E-state index is 0.0866. The third-order valence-electron chi connectivity index (χ3n) is 4.84. The Balaban J connectivity index is 1.65. The van der Waals surface area contributed by atoms with Crippen molar-refractivity contribution in [3.63, 3.8) is 0 Å². The Labute approximate surface area is 166 Å². The topological polar surface area (TPSA) is 59.5 Å². The molecule has 0 spiro atoms. The van der Waals surface area contributed by atoms with Gasteiger partial charge in [-0.1, -0.05) is 19.1 Å². The number of likely N-dealkylation sites (N-methyl/N-ethyl adjacent to an activating group) is 1. The smallest absolute Gasteiger partial charge is 0.254 e. The molecule has 5 heteroatoms. The molecule has 2 aromatic rings. The normalized spacial score (nSPS) is 14.8. The van der Waals surface area contributed by atoms with Crippen molar-refractivity contribution < 1.29 is 14.3 Å². The highest BCUT2D eigenvalue weighted by Crippen LogP contribution is 2.26. The van der Waals surface area contributed by atoms with Crippen LogP contribution in [0.25, 0.3) is 6.08 Å². The molecule has 0 fully saturated rings. The molecule has 2 heterocycles. The maximum atomic E-state index is 12.4. The third kappa shape index (κ3) is 4.85. The minimum Gasteiger partial charge on any atom is -0.439 e. The second kappa shape index (κ2) is 8.83. The molecule has 0 saturated heterocycles. The maximum absolute atomic E-state index is 12.4. The van der Waals surface area contributed by atoms with Gasteiger partial charge in [-0.25, -0.2) is 4.98 Å². The van der Waals surface area contributed by atoms with E-state index in [9.17, 15) is 9.59 Å². The molecule has 28 heavy (non-hydrogen) atoms. The van der Waals surface area contributed by atoms with Crippen molar-refractivity contribution in [3.8, 4) is 11.6 Å². The van der Waals surface area contributed by atoms with Gasteiger partial charge in [-0.2, -0.15) is 0 Å². The molecule has 1 aromatic heterocycles. The number of Topliss-reactive ketones (excluding diaryl/α,β-unsaturated/α-hetero) is 1. The molecule has 0 radical (unpaired) electrons. The average molecular weight is 378 g/mol. The standard InChI is InChI=1S/C23H26N2O3/c1-4-25-12-11-19-14-20(8-9-21(19)23(25)27)28-22-10-7-18(15-24-22)6-5-16(2)13-17(3)26/h5-10,14-16H,4,11-13H2,1-3H3/b6-5+/t16-/m0/s1. The predicted octanol–water partition coefficient (Wildman–Crippen LogP) is 4.52. The number of amides is 1. The molecule has 1 aliphatic rings. The molecule has 1 aromatic carbocycles. The zero-order valence-corrected chi connectivity index (χ0v) is 16.6. The van der Waals surface area contributed by atoms with Crippen molar-refractivity contribution in [2.24, 2.45) is 5.92 Å². The molecule has 5 nitrogen and oxygen atoms in total. The molecule has 0 N–H and O–H groups in total. The van der Waals surface area contributed by atoms with Crippen LogP contribution in [-0.2, 0) is 11.2 Å². The molecular formula is C23H26N2O3. The number of allylic oxidation sites excluding steroid dienone is 1. The van der Waals surface area contributed by atoms with Crippen LogP contribution < -0.4 is 4.74 Å². The first-order chi connectivity index (χ1) is 13.5. The number of ether oxygens (including phenoxy) is 1. The first-order valence-corrected chi connectivity index (χ1v) is 9.70. The summed E-state index contributed by atoms with van der Waals surface area (Å²) in [5.74, 6) is 1.67. The average Bonchev–Trinajstić information content (AvgIpc) is 2.67. The number of carbonyl (C=O) groups is 2. The highest BCUT2D eigenvalue weighted by molar-refractivity contribution is 5.96. The van der Waals surface area contributed by atoms with E-state index >= 15 is 0 Å². The van der Waals surface area contributed by atoms with Gasteiger partial charge in [0, 0.05) is 37.3 Å². The fraction of sp³-hybridized carbons (Fsp3) is 0.348. The van der Waals surface area contributed by atoms with Gasteiger partial charge in [0.2, 0.25) is 5.88 Å². The summed E-state index contributed by atoms with van der Waals surface area (Å²) in [4.78, 5) is 29.7. The first-order valence-electron chi connectivity index (χ1n) is 9.70. The SMILES string of the molecule is CCN1CCc2cc(Oc3ccc(/C=C/[C@H](C)CC(C)=O)cn3)ccc2C1=O. The van der Waals surface area contributed by atoms with Gasteiger partial charge in [0.15, 0.2) is 0 Å².